The van der Waals surface area contributed by atoms with E-state index in [1.165, 1.54) is 18.4 Å². The summed E-state index contributed by atoms with van der Waals surface area (Å²) in [5.74, 6) is 1.10. The van der Waals surface area contributed by atoms with Crippen LogP contribution in [0.25, 0.3) is 0 Å². The van der Waals surface area contributed by atoms with E-state index in [1.807, 2.05) is 6.26 Å². The maximum Gasteiger partial charge on any atom is 0.122 e. The number of ether oxygens (including phenoxy) is 1. The summed E-state index contributed by atoms with van der Waals surface area (Å²) in [6.45, 7) is 5.77. The Morgan fingerprint density at radius 1 is 1.28 bits per heavy atom. The van der Waals surface area contributed by atoms with Gasteiger partial charge in [-0.25, -0.2) is 0 Å². The summed E-state index contributed by atoms with van der Waals surface area (Å²) < 4.78 is 11.1. The van der Waals surface area contributed by atoms with Crippen molar-refractivity contribution < 1.29 is 9.15 Å². The van der Waals surface area contributed by atoms with Gasteiger partial charge < -0.3 is 14.5 Å². The number of furan rings is 1. The zero-order valence-electron chi connectivity index (χ0n) is 10.9. The molecule has 4 nitrogen and oxygen atoms in total. The van der Waals surface area contributed by atoms with Crippen LogP contribution >= 0.6 is 0 Å². The average molecular weight is 250 g/mol. The summed E-state index contributed by atoms with van der Waals surface area (Å²) in [4.78, 5) is 2.46. The van der Waals surface area contributed by atoms with E-state index in [2.05, 4.69) is 16.3 Å². The molecule has 1 aliphatic carbocycles. The van der Waals surface area contributed by atoms with Gasteiger partial charge >= 0.3 is 0 Å². The Morgan fingerprint density at radius 3 is 3.11 bits per heavy atom. The maximum atomic E-state index is 5.60. The standard InChI is InChI=1S/C14H22N2O2/c1-5-16(6-9-17-7-1)11-12-4-8-18-14(12)10-15-13-2-3-13/h4,8,13,15H,1-3,5-7,9-11H2. The molecule has 0 atom stereocenters. The first-order chi connectivity index (χ1) is 8.92. The first-order valence-corrected chi connectivity index (χ1v) is 7.00. The fourth-order valence-electron chi connectivity index (χ4n) is 2.38. The van der Waals surface area contributed by atoms with Crippen molar-refractivity contribution in [3.05, 3.63) is 23.7 Å². The second-order valence-electron chi connectivity index (χ2n) is 5.27. The number of hydrogen-bond donors (Lipinski definition) is 1. The highest BCUT2D eigenvalue weighted by Crippen LogP contribution is 2.21. The highest BCUT2D eigenvalue weighted by Gasteiger charge is 2.21. The lowest BCUT2D eigenvalue weighted by Gasteiger charge is -2.18. The van der Waals surface area contributed by atoms with Crippen molar-refractivity contribution in [2.24, 2.45) is 0 Å². The molecular weight excluding hydrogens is 228 g/mol. The van der Waals surface area contributed by atoms with Crippen LogP contribution in [0.15, 0.2) is 16.7 Å². The lowest BCUT2D eigenvalue weighted by atomic mass is 10.2. The first-order valence-electron chi connectivity index (χ1n) is 7.00. The van der Waals surface area contributed by atoms with E-state index in [-0.39, 0.29) is 0 Å². The number of hydrogen-bond acceptors (Lipinski definition) is 4. The molecule has 18 heavy (non-hydrogen) atoms. The predicted molar refractivity (Wildman–Crippen MR) is 69.3 cm³/mol. The fraction of sp³-hybridized carbons (Fsp3) is 0.714. The minimum absolute atomic E-state index is 0.731. The molecule has 0 spiro atoms. The second kappa shape index (κ2) is 5.87. The lowest BCUT2D eigenvalue weighted by Crippen LogP contribution is -2.26. The van der Waals surface area contributed by atoms with Crippen molar-refractivity contribution >= 4 is 0 Å². The van der Waals surface area contributed by atoms with Crippen molar-refractivity contribution in [2.45, 2.75) is 38.4 Å². The van der Waals surface area contributed by atoms with Gasteiger partial charge in [-0.15, -0.1) is 0 Å². The van der Waals surface area contributed by atoms with E-state index >= 15 is 0 Å². The number of rotatable bonds is 5. The fourth-order valence-corrected chi connectivity index (χ4v) is 2.38. The van der Waals surface area contributed by atoms with Gasteiger partial charge in [-0.1, -0.05) is 0 Å². The van der Waals surface area contributed by atoms with E-state index in [1.54, 1.807) is 0 Å². The van der Waals surface area contributed by atoms with Crippen molar-refractivity contribution in [1.29, 1.82) is 0 Å². The molecule has 0 aromatic carbocycles. The third-order valence-corrected chi connectivity index (χ3v) is 3.68. The molecule has 1 saturated carbocycles. The average Bonchev–Trinajstić information content (AvgIpc) is 3.14. The third kappa shape index (κ3) is 3.34. The van der Waals surface area contributed by atoms with Crippen LogP contribution in [-0.4, -0.2) is 37.2 Å². The number of nitrogens with zero attached hydrogens (tertiary/aromatic N) is 1. The molecule has 1 aromatic rings. The molecule has 0 bridgehead atoms. The third-order valence-electron chi connectivity index (χ3n) is 3.68. The first kappa shape index (κ1) is 12.2. The molecule has 100 valence electrons. The molecule has 1 aliphatic heterocycles. The van der Waals surface area contributed by atoms with Crippen molar-refractivity contribution in [2.75, 3.05) is 26.3 Å². The van der Waals surface area contributed by atoms with Crippen LogP contribution in [0.5, 0.6) is 0 Å². The molecule has 4 heteroatoms. The monoisotopic (exact) mass is 250 g/mol. The lowest BCUT2D eigenvalue weighted by molar-refractivity contribution is 0.140. The van der Waals surface area contributed by atoms with Gasteiger partial charge in [0.2, 0.25) is 0 Å². The molecule has 1 saturated heterocycles. The molecule has 1 N–H and O–H groups in total. The molecule has 3 rings (SSSR count). The Hall–Kier alpha value is -0.840. The van der Waals surface area contributed by atoms with Crippen molar-refractivity contribution in [1.82, 2.24) is 10.2 Å². The van der Waals surface area contributed by atoms with Crippen LogP contribution in [0, 0.1) is 0 Å². The topological polar surface area (TPSA) is 37.6 Å². The summed E-state index contributed by atoms with van der Waals surface area (Å²) >= 11 is 0. The van der Waals surface area contributed by atoms with Crippen LogP contribution in [0.2, 0.25) is 0 Å². The van der Waals surface area contributed by atoms with Crippen molar-refractivity contribution in [3.63, 3.8) is 0 Å². The SMILES string of the molecule is c1cc(CN2CCCOCC2)c(CNC2CC2)o1. The summed E-state index contributed by atoms with van der Waals surface area (Å²) in [6.07, 6.45) is 5.58. The number of nitrogens with one attached hydrogen (secondary N) is 1. The predicted octanol–water partition coefficient (Wildman–Crippen LogP) is 1.75. The Labute approximate surface area is 108 Å². The largest absolute Gasteiger partial charge is 0.468 e. The molecule has 0 radical (unpaired) electrons. The second-order valence-corrected chi connectivity index (χ2v) is 5.27. The van der Waals surface area contributed by atoms with E-state index in [4.69, 9.17) is 9.15 Å². The summed E-state index contributed by atoms with van der Waals surface area (Å²) in [7, 11) is 0. The van der Waals surface area contributed by atoms with Gasteiger partial charge in [0.05, 0.1) is 19.4 Å². The summed E-state index contributed by atoms with van der Waals surface area (Å²) in [5, 5.41) is 3.51. The highest BCUT2D eigenvalue weighted by molar-refractivity contribution is 5.17. The Kier molecular flexibility index (Phi) is 3.98. The normalized spacial score (nSPS) is 22.0. The van der Waals surface area contributed by atoms with E-state index in [0.717, 1.165) is 57.6 Å². The summed E-state index contributed by atoms with van der Waals surface area (Å²) in [6, 6.07) is 2.84. The van der Waals surface area contributed by atoms with Gasteiger partial charge in [0, 0.05) is 37.8 Å². The van der Waals surface area contributed by atoms with Crippen LogP contribution < -0.4 is 5.32 Å². The Bertz CT molecular complexity index is 366. The molecule has 0 amide bonds. The zero-order chi connectivity index (χ0) is 12.2. The van der Waals surface area contributed by atoms with Crippen LogP contribution in [0.3, 0.4) is 0 Å². The quantitative estimate of drug-likeness (QED) is 0.864. The minimum Gasteiger partial charge on any atom is -0.468 e. The smallest absolute Gasteiger partial charge is 0.122 e. The highest BCUT2D eigenvalue weighted by atomic mass is 16.5. The van der Waals surface area contributed by atoms with Gasteiger partial charge in [-0.05, 0) is 25.3 Å². The maximum absolute atomic E-state index is 5.60. The van der Waals surface area contributed by atoms with E-state index in [9.17, 15) is 0 Å². The molecule has 2 fully saturated rings. The van der Waals surface area contributed by atoms with E-state index in [0.29, 0.717) is 0 Å². The van der Waals surface area contributed by atoms with Crippen LogP contribution in [0.4, 0.5) is 0 Å². The van der Waals surface area contributed by atoms with Gasteiger partial charge in [0.25, 0.3) is 0 Å². The minimum atomic E-state index is 0.731. The van der Waals surface area contributed by atoms with Crippen molar-refractivity contribution in [3.8, 4) is 0 Å². The Morgan fingerprint density at radius 2 is 2.22 bits per heavy atom. The van der Waals surface area contributed by atoms with Gasteiger partial charge in [-0.3, -0.25) is 4.90 Å². The van der Waals surface area contributed by atoms with Gasteiger partial charge in [-0.2, -0.15) is 0 Å². The van der Waals surface area contributed by atoms with Gasteiger partial charge in [0.15, 0.2) is 0 Å². The molecule has 2 heterocycles. The molecule has 1 aromatic heterocycles. The summed E-state index contributed by atoms with van der Waals surface area (Å²) in [5.41, 5.74) is 1.32. The van der Waals surface area contributed by atoms with Crippen LogP contribution in [-0.2, 0) is 17.8 Å². The molecular formula is C14H22N2O2. The zero-order valence-corrected chi connectivity index (χ0v) is 10.9. The molecule has 2 aliphatic rings. The van der Waals surface area contributed by atoms with E-state index < -0.39 is 0 Å². The van der Waals surface area contributed by atoms with Gasteiger partial charge in [0.1, 0.15) is 5.76 Å². The molecule has 0 unspecified atom stereocenters. The van der Waals surface area contributed by atoms with Crippen LogP contribution in [0.1, 0.15) is 30.6 Å². The Balaban J connectivity index is 1.55.